The Bertz CT molecular complexity index is 429. The lowest BCUT2D eigenvalue weighted by Crippen LogP contribution is -2.44. The zero-order valence-corrected chi connectivity index (χ0v) is 11.9. The lowest BCUT2D eigenvalue weighted by molar-refractivity contribution is 0.0505. The van der Waals surface area contributed by atoms with Gasteiger partial charge in [0.05, 0.1) is 11.4 Å². The van der Waals surface area contributed by atoms with E-state index in [1.54, 1.807) is 12.4 Å². The van der Waals surface area contributed by atoms with Crippen molar-refractivity contribution in [1.29, 1.82) is 0 Å². The zero-order valence-electron chi connectivity index (χ0n) is 11.9. The van der Waals surface area contributed by atoms with E-state index in [9.17, 15) is 4.79 Å². The number of carbonyl (C=O) groups excluding carboxylic acids is 1. The molecule has 1 aromatic rings. The second-order valence-electron chi connectivity index (χ2n) is 5.37. The molecule has 0 aliphatic heterocycles. The molecule has 1 heterocycles. The highest BCUT2D eigenvalue weighted by atomic mass is 16.6. The molecule has 6 nitrogen and oxygen atoms in total. The van der Waals surface area contributed by atoms with Crippen LogP contribution in [0.4, 0.5) is 4.79 Å². The summed E-state index contributed by atoms with van der Waals surface area (Å²) in [7, 11) is 0. The molecule has 6 heteroatoms. The Morgan fingerprint density at radius 2 is 2.05 bits per heavy atom. The van der Waals surface area contributed by atoms with Gasteiger partial charge < -0.3 is 15.8 Å². The fourth-order valence-electron chi connectivity index (χ4n) is 1.54. The van der Waals surface area contributed by atoms with Crippen LogP contribution in [0.2, 0.25) is 0 Å². The predicted octanol–water partition coefficient (Wildman–Crippen LogP) is 1.18. The molecule has 1 unspecified atom stereocenters. The largest absolute Gasteiger partial charge is 0.444 e. The van der Waals surface area contributed by atoms with Gasteiger partial charge in [-0.05, 0) is 27.7 Å². The van der Waals surface area contributed by atoms with Crippen molar-refractivity contribution in [2.75, 3.05) is 6.54 Å². The number of aromatic nitrogens is 2. The Morgan fingerprint density at radius 1 is 1.42 bits per heavy atom. The van der Waals surface area contributed by atoms with E-state index in [-0.39, 0.29) is 6.04 Å². The van der Waals surface area contributed by atoms with Gasteiger partial charge in [0.25, 0.3) is 0 Å². The number of ether oxygens (including phenoxy) is 1. The fourth-order valence-corrected chi connectivity index (χ4v) is 1.54. The van der Waals surface area contributed by atoms with Crippen molar-refractivity contribution >= 4 is 6.09 Å². The van der Waals surface area contributed by atoms with Gasteiger partial charge in [-0.3, -0.25) is 9.97 Å². The second kappa shape index (κ2) is 6.47. The highest BCUT2D eigenvalue weighted by Crippen LogP contribution is 2.08. The highest BCUT2D eigenvalue weighted by molar-refractivity contribution is 5.68. The smallest absolute Gasteiger partial charge is 0.407 e. The van der Waals surface area contributed by atoms with Gasteiger partial charge in [0.2, 0.25) is 0 Å². The van der Waals surface area contributed by atoms with Gasteiger partial charge in [-0.2, -0.15) is 0 Å². The average Bonchev–Trinajstić information content (AvgIpc) is 2.28. The molecular formula is C13H22N4O2. The average molecular weight is 266 g/mol. The molecule has 0 aliphatic carbocycles. The third-order valence-electron chi connectivity index (χ3n) is 2.43. The van der Waals surface area contributed by atoms with Crippen molar-refractivity contribution in [2.24, 2.45) is 5.73 Å². The van der Waals surface area contributed by atoms with Gasteiger partial charge in [-0.25, -0.2) is 4.79 Å². The van der Waals surface area contributed by atoms with Gasteiger partial charge in [0.15, 0.2) is 0 Å². The number of alkyl carbamates (subject to hydrolysis) is 1. The molecule has 1 rings (SSSR count). The van der Waals surface area contributed by atoms with E-state index < -0.39 is 11.7 Å². The Kier molecular flexibility index (Phi) is 5.23. The van der Waals surface area contributed by atoms with E-state index in [4.69, 9.17) is 10.5 Å². The molecule has 0 saturated heterocycles. The van der Waals surface area contributed by atoms with E-state index in [2.05, 4.69) is 15.3 Å². The minimum atomic E-state index is -0.522. The number of hydrogen-bond acceptors (Lipinski definition) is 5. The lowest BCUT2D eigenvalue weighted by atomic mass is 10.1. The molecule has 0 saturated carbocycles. The summed E-state index contributed by atoms with van der Waals surface area (Å²) in [5.41, 5.74) is 6.81. The maximum absolute atomic E-state index is 11.7. The summed E-state index contributed by atoms with van der Waals surface area (Å²) in [6.07, 6.45) is 3.33. The first-order valence-electron chi connectivity index (χ1n) is 6.28. The molecule has 3 N–H and O–H groups in total. The van der Waals surface area contributed by atoms with E-state index in [0.29, 0.717) is 13.0 Å². The number of hydrogen-bond donors (Lipinski definition) is 2. The van der Waals surface area contributed by atoms with Gasteiger partial charge in [0.1, 0.15) is 5.60 Å². The van der Waals surface area contributed by atoms with Gasteiger partial charge in [-0.1, -0.05) is 0 Å². The first-order valence-corrected chi connectivity index (χ1v) is 6.28. The number of carbonyl (C=O) groups is 1. The molecular weight excluding hydrogens is 244 g/mol. The van der Waals surface area contributed by atoms with Crippen molar-refractivity contribution in [2.45, 2.75) is 45.8 Å². The third-order valence-corrected chi connectivity index (χ3v) is 2.43. The molecule has 1 aromatic heterocycles. The standard InChI is InChI=1S/C13H22N4O2/c1-9-11(16-6-5-15-9)7-10(8-14)17-12(18)19-13(2,3)4/h5-6,10H,7-8,14H2,1-4H3,(H,17,18). The Balaban J connectivity index is 2.60. The van der Waals surface area contributed by atoms with Crippen LogP contribution in [0.5, 0.6) is 0 Å². The Hall–Kier alpha value is -1.69. The van der Waals surface area contributed by atoms with Crippen molar-refractivity contribution in [3.8, 4) is 0 Å². The van der Waals surface area contributed by atoms with Crippen molar-refractivity contribution in [3.05, 3.63) is 23.8 Å². The number of aryl methyl sites for hydroxylation is 1. The number of nitrogens with two attached hydrogens (primary N) is 1. The summed E-state index contributed by atoms with van der Waals surface area (Å²) in [5, 5.41) is 2.74. The monoisotopic (exact) mass is 266 g/mol. The molecule has 1 amide bonds. The molecule has 0 aromatic carbocycles. The predicted molar refractivity (Wildman–Crippen MR) is 72.7 cm³/mol. The fraction of sp³-hybridized carbons (Fsp3) is 0.615. The summed E-state index contributed by atoms with van der Waals surface area (Å²) < 4.78 is 5.20. The first-order chi connectivity index (χ1) is 8.81. The van der Waals surface area contributed by atoms with Crippen LogP contribution in [0, 0.1) is 6.92 Å². The number of nitrogens with zero attached hydrogens (tertiary/aromatic N) is 2. The van der Waals surface area contributed by atoms with Crippen LogP contribution in [0.25, 0.3) is 0 Å². The van der Waals surface area contributed by atoms with Crippen LogP contribution >= 0.6 is 0 Å². The number of amides is 1. The minimum Gasteiger partial charge on any atom is -0.444 e. The van der Waals surface area contributed by atoms with Crippen LogP contribution < -0.4 is 11.1 Å². The number of rotatable bonds is 4. The summed E-state index contributed by atoms with van der Waals surface area (Å²) >= 11 is 0. The van der Waals surface area contributed by atoms with Gasteiger partial charge >= 0.3 is 6.09 Å². The first kappa shape index (κ1) is 15.4. The van der Waals surface area contributed by atoms with Crippen molar-refractivity contribution in [3.63, 3.8) is 0 Å². The van der Waals surface area contributed by atoms with Crippen LogP contribution in [0.3, 0.4) is 0 Å². The molecule has 0 fully saturated rings. The molecule has 1 atom stereocenters. The topological polar surface area (TPSA) is 90.1 Å². The van der Waals surface area contributed by atoms with Crippen LogP contribution in [0.1, 0.15) is 32.2 Å². The van der Waals surface area contributed by atoms with Crippen LogP contribution in [0.15, 0.2) is 12.4 Å². The summed E-state index contributed by atoms with van der Waals surface area (Å²) in [6.45, 7) is 7.64. The molecule has 0 aliphatic rings. The van der Waals surface area contributed by atoms with Gasteiger partial charge in [0, 0.05) is 31.4 Å². The van der Waals surface area contributed by atoms with Crippen molar-refractivity contribution < 1.29 is 9.53 Å². The zero-order chi connectivity index (χ0) is 14.5. The molecule has 0 spiro atoms. The van der Waals surface area contributed by atoms with E-state index >= 15 is 0 Å². The van der Waals surface area contributed by atoms with E-state index in [1.807, 2.05) is 27.7 Å². The number of nitrogens with one attached hydrogen (secondary N) is 1. The lowest BCUT2D eigenvalue weighted by Gasteiger charge is -2.23. The van der Waals surface area contributed by atoms with Crippen molar-refractivity contribution in [1.82, 2.24) is 15.3 Å². The normalized spacial score (nSPS) is 12.9. The van der Waals surface area contributed by atoms with Crippen LogP contribution in [-0.4, -0.2) is 34.2 Å². The van der Waals surface area contributed by atoms with E-state index in [1.165, 1.54) is 0 Å². The second-order valence-corrected chi connectivity index (χ2v) is 5.37. The quantitative estimate of drug-likeness (QED) is 0.854. The molecule has 106 valence electrons. The highest BCUT2D eigenvalue weighted by Gasteiger charge is 2.19. The third kappa shape index (κ3) is 5.65. The summed E-state index contributed by atoms with van der Waals surface area (Å²) in [6, 6.07) is -0.217. The van der Waals surface area contributed by atoms with E-state index in [0.717, 1.165) is 11.4 Å². The SMILES string of the molecule is Cc1nccnc1CC(CN)NC(=O)OC(C)(C)C. The van der Waals surface area contributed by atoms with Gasteiger partial charge in [-0.15, -0.1) is 0 Å². The minimum absolute atomic E-state index is 0.217. The maximum atomic E-state index is 11.7. The Morgan fingerprint density at radius 3 is 2.58 bits per heavy atom. The Labute approximate surface area is 113 Å². The molecule has 19 heavy (non-hydrogen) atoms. The summed E-state index contributed by atoms with van der Waals surface area (Å²) in [4.78, 5) is 20.1. The maximum Gasteiger partial charge on any atom is 0.407 e. The summed E-state index contributed by atoms with van der Waals surface area (Å²) in [5.74, 6) is 0. The molecule has 0 radical (unpaired) electrons. The molecule has 0 bridgehead atoms. The van der Waals surface area contributed by atoms with Crippen LogP contribution in [-0.2, 0) is 11.2 Å².